The monoisotopic (exact) mass is 690 g/mol. The van der Waals surface area contributed by atoms with Crippen LogP contribution < -0.4 is 0 Å². The lowest BCUT2D eigenvalue weighted by Crippen LogP contribution is -2.15. The molecule has 0 heterocycles. The minimum absolute atomic E-state index is 0.117. The summed E-state index contributed by atoms with van der Waals surface area (Å²) < 4.78 is 0. The van der Waals surface area contributed by atoms with Crippen LogP contribution in [0.25, 0.3) is 77.9 Å². The highest BCUT2D eigenvalue weighted by Gasteiger charge is 2.38. The predicted octanol–water partition coefficient (Wildman–Crippen LogP) is 14.6. The Labute approximate surface area is 319 Å². The van der Waals surface area contributed by atoms with Crippen molar-refractivity contribution < 1.29 is 0 Å². The van der Waals surface area contributed by atoms with E-state index in [2.05, 4.69) is 210 Å². The van der Waals surface area contributed by atoms with Gasteiger partial charge in [-0.3, -0.25) is 0 Å². The summed E-state index contributed by atoms with van der Waals surface area (Å²) >= 11 is 0. The summed E-state index contributed by atoms with van der Waals surface area (Å²) in [5.41, 5.74) is 23.3. The van der Waals surface area contributed by atoms with Gasteiger partial charge < -0.3 is 0 Å². The van der Waals surface area contributed by atoms with E-state index in [-0.39, 0.29) is 10.8 Å². The smallest absolute Gasteiger partial charge is 0.0159 e. The normalized spacial score (nSPS) is 14.2. The fourth-order valence-electron chi connectivity index (χ4n) is 9.21. The van der Waals surface area contributed by atoms with Gasteiger partial charge in [0.1, 0.15) is 0 Å². The average molecular weight is 691 g/mol. The zero-order valence-corrected chi connectivity index (χ0v) is 31.3. The van der Waals surface area contributed by atoms with E-state index < -0.39 is 0 Å². The summed E-state index contributed by atoms with van der Waals surface area (Å²) in [4.78, 5) is 0. The van der Waals surface area contributed by atoms with Crippen molar-refractivity contribution in [1.82, 2.24) is 0 Å². The molecule has 0 aromatic heterocycles. The van der Waals surface area contributed by atoms with E-state index >= 15 is 0 Å². The molecule has 0 saturated heterocycles. The van der Waals surface area contributed by atoms with Crippen molar-refractivity contribution in [3.8, 4) is 77.9 Å². The van der Waals surface area contributed by atoms with Crippen molar-refractivity contribution in [1.29, 1.82) is 0 Å². The van der Waals surface area contributed by atoms with Crippen LogP contribution in [0.2, 0.25) is 0 Å². The van der Waals surface area contributed by atoms with Crippen LogP contribution in [0.15, 0.2) is 182 Å². The zero-order valence-electron chi connectivity index (χ0n) is 31.3. The highest BCUT2D eigenvalue weighted by atomic mass is 14.4. The van der Waals surface area contributed by atoms with Crippen molar-refractivity contribution in [3.05, 3.63) is 204 Å². The maximum atomic E-state index is 2.46. The molecular formula is C54H42. The number of hydrogen-bond acceptors (Lipinski definition) is 0. The first kappa shape index (κ1) is 32.4. The van der Waals surface area contributed by atoms with E-state index in [1.807, 2.05) is 0 Å². The van der Waals surface area contributed by atoms with Crippen molar-refractivity contribution in [2.75, 3.05) is 0 Å². The third-order valence-electron chi connectivity index (χ3n) is 12.3. The molecule has 0 nitrogen and oxygen atoms in total. The lowest BCUT2D eigenvalue weighted by molar-refractivity contribution is 0.660. The van der Waals surface area contributed by atoms with E-state index in [4.69, 9.17) is 0 Å². The fraction of sp³-hybridized carbons (Fsp3) is 0.111. The van der Waals surface area contributed by atoms with Gasteiger partial charge >= 0.3 is 0 Å². The molecule has 8 aromatic carbocycles. The SMILES string of the molecule is CC1(C)c2cc(-c3cccc(-c4ccccc4)c3)ccc2-c2ccc(-c3ccc4c(c3)C(C)(C)c3cc(-c5cccc(-c6ccccc6)c5)ccc3-4)cc21. The lowest BCUT2D eigenvalue weighted by Gasteiger charge is -2.24. The summed E-state index contributed by atoms with van der Waals surface area (Å²) in [6.45, 7) is 9.56. The molecule has 2 aliphatic rings. The van der Waals surface area contributed by atoms with Crippen molar-refractivity contribution >= 4 is 0 Å². The molecule has 0 saturated carbocycles. The van der Waals surface area contributed by atoms with Gasteiger partial charge in [-0.1, -0.05) is 173 Å². The molecule has 0 heteroatoms. The first-order valence-electron chi connectivity index (χ1n) is 19.2. The Morgan fingerprint density at radius 2 is 0.463 bits per heavy atom. The van der Waals surface area contributed by atoms with Crippen molar-refractivity contribution in [2.24, 2.45) is 0 Å². The second-order valence-corrected chi connectivity index (χ2v) is 16.2. The van der Waals surface area contributed by atoms with E-state index in [1.165, 1.54) is 100 Å². The summed E-state index contributed by atoms with van der Waals surface area (Å²) in [5, 5.41) is 0. The number of fused-ring (bicyclic) bond motifs is 6. The summed E-state index contributed by atoms with van der Waals surface area (Å²) in [5.74, 6) is 0. The Hall–Kier alpha value is -6.24. The first-order chi connectivity index (χ1) is 26.3. The highest BCUT2D eigenvalue weighted by Crippen LogP contribution is 2.53. The van der Waals surface area contributed by atoms with Gasteiger partial charge in [0.2, 0.25) is 0 Å². The molecule has 0 fully saturated rings. The van der Waals surface area contributed by atoms with E-state index in [1.54, 1.807) is 0 Å². The average Bonchev–Trinajstić information content (AvgIpc) is 3.59. The second kappa shape index (κ2) is 12.2. The summed E-state index contributed by atoms with van der Waals surface area (Å²) in [7, 11) is 0. The standard InChI is InChI=1S/C54H42/c1-53(2)49-31-41(39-19-11-17-37(29-39)35-13-7-5-8-14-35)21-25-45(49)47-27-23-43(33-51(47)53)44-24-28-48-46-26-22-42(32-50(46)54(3,4)52(48)34-44)40-20-12-18-38(30-40)36-15-9-6-10-16-36/h5-34H,1-4H3. The Morgan fingerprint density at radius 1 is 0.222 bits per heavy atom. The number of benzene rings is 8. The Kier molecular flexibility index (Phi) is 7.29. The van der Waals surface area contributed by atoms with Crippen LogP contribution in [0.3, 0.4) is 0 Å². The van der Waals surface area contributed by atoms with Gasteiger partial charge in [-0.25, -0.2) is 0 Å². The van der Waals surface area contributed by atoms with Crippen LogP contribution >= 0.6 is 0 Å². The van der Waals surface area contributed by atoms with Crippen LogP contribution in [-0.2, 0) is 10.8 Å². The molecule has 54 heavy (non-hydrogen) atoms. The lowest BCUT2D eigenvalue weighted by atomic mass is 9.79. The van der Waals surface area contributed by atoms with Gasteiger partial charge in [0.05, 0.1) is 0 Å². The van der Waals surface area contributed by atoms with Gasteiger partial charge in [0.25, 0.3) is 0 Å². The molecule has 0 spiro atoms. The highest BCUT2D eigenvalue weighted by molar-refractivity contribution is 5.89. The second-order valence-electron chi connectivity index (χ2n) is 16.2. The van der Waals surface area contributed by atoms with Crippen molar-refractivity contribution in [3.63, 3.8) is 0 Å². The zero-order chi connectivity index (χ0) is 36.6. The van der Waals surface area contributed by atoms with Gasteiger partial charge in [0.15, 0.2) is 0 Å². The largest absolute Gasteiger partial charge is 0.0622 e. The Bertz CT molecular complexity index is 2550. The van der Waals surface area contributed by atoms with Crippen LogP contribution in [0.1, 0.15) is 49.9 Å². The molecular weight excluding hydrogens is 649 g/mol. The maximum Gasteiger partial charge on any atom is 0.0159 e. The van der Waals surface area contributed by atoms with Crippen LogP contribution in [0.4, 0.5) is 0 Å². The quantitative estimate of drug-likeness (QED) is 0.169. The topological polar surface area (TPSA) is 0 Å². The molecule has 0 aliphatic heterocycles. The van der Waals surface area contributed by atoms with Crippen LogP contribution in [-0.4, -0.2) is 0 Å². The Balaban J connectivity index is 0.970. The Morgan fingerprint density at radius 3 is 0.759 bits per heavy atom. The minimum atomic E-state index is -0.117. The molecule has 0 N–H and O–H groups in total. The van der Waals surface area contributed by atoms with Gasteiger partial charge in [-0.2, -0.15) is 0 Å². The van der Waals surface area contributed by atoms with Gasteiger partial charge in [-0.15, -0.1) is 0 Å². The van der Waals surface area contributed by atoms with E-state index in [9.17, 15) is 0 Å². The van der Waals surface area contributed by atoms with Crippen LogP contribution in [0.5, 0.6) is 0 Å². The molecule has 0 amide bonds. The predicted molar refractivity (Wildman–Crippen MR) is 229 cm³/mol. The maximum absolute atomic E-state index is 2.46. The van der Waals surface area contributed by atoms with Gasteiger partial charge in [-0.05, 0) is 137 Å². The molecule has 0 atom stereocenters. The molecule has 0 bridgehead atoms. The summed E-state index contributed by atoms with van der Waals surface area (Å²) in [6.07, 6.45) is 0. The fourth-order valence-corrected chi connectivity index (χ4v) is 9.21. The number of rotatable bonds is 5. The molecule has 0 radical (unpaired) electrons. The third kappa shape index (κ3) is 5.12. The summed E-state index contributed by atoms with van der Waals surface area (Å²) in [6, 6.07) is 67.6. The molecule has 0 unspecified atom stereocenters. The minimum Gasteiger partial charge on any atom is -0.0622 e. The third-order valence-corrected chi connectivity index (χ3v) is 12.3. The first-order valence-corrected chi connectivity index (χ1v) is 19.2. The molecule has 258 valence electrons. The molecule has 2 aliphatic carbocycles. The van der Waals surface area contributed by atoms with Crippen LogP contribution in [0, 0.1) is 0 Å². The number of hydrogen-bond donors (Lipinski definition) is 0. The van der Waals surface area contributed by atoms with E-state index in [0.29, 0.717) is 0 Å². The van der Waals surface area contributed by atoms with E-state index in [0.717, 1.165) is 0 Å². The molecule has 8 aromatic rings. The van der Waals surface area contributed by atoms with Crippen molar-refractivity contribution in [2.45, 2.75) is 38.5 Å². The van der Waals surface area contributed by atoms with Gasteiger partial charge in [0, 0.05) is 10.8 Å². The molecule has 10 rings (SSSR count).